The van der Waals surface area contributed by atoms with E-state index in [4.69, 9.17) is 16.3 Å². The first-order valence-corrected chi connectivity index (χ1v) is 12.7. The van der Waals surface area contributed by atoms with Crippen LogP contribution >= 0.6 is 23.5 Å². The Balaban J connectivity index is 1.18. The van der Waals surface area contributed by atoms with Gasteiger partial charge in [-0.05, 0) is 55.7 Å². The minimum absolute atomic E-state index is 0.0578. The second-order valence-corrected chi connectivity index (χ2v) is 10.2. The summed E-state index contributed by atoms with van der Waals surface area (Å²) in [6, 6.07) is 10.4. The van der Waals surface area contributed by atoms with Crippen molar-refractivity contribution in [2.75, 3.05) is 38.2 Å². The van der Waals surface area contributed by atoms with Crippen LogP contribution in [0.15, 0.2) is 52.4 Å². The largest absolute Gasteiger partial charge is 0.382 e. The van der Waals surface area contributed by atoms with Crippen LogP contribution in [0, 0.1) is 5.92 Å². The van der Waals surface area contributed by atoms with Crippen molar-refractivity contribution in [3.63, 3.8) is 0 Å². The summed E-state index contributed by atoms with van der Waals surface area (Å²) in [4.78, 5) is 18.6. The van der Waals surface area contributed by atoms with Gasteiger partial charge in [0.15, 0.2) is 0 Å². The van der Waals surface area contributed by atoms with E-state index < -0.39 is 0 Å². The summed E-state index contributed by atoms with van der Waals surface area (Å²) in [5, 5.41) is 9.12. The quantitative estimate of drug-likeness (QED) is 0.510. The van der Waals surface area contributed by atoms with Gasteiger partial charge in [0.1, 0.15) is 5.02 Å². The molecule has 5 rings (SSSR count). The van der Waals surface area contributed by atoms with E-state index in [1.807, 2.05) is 24.4 Å². The number of rotatable bonds is 6. The summed E-state index contributed by atoms with van der Waals surface area (Å²) in [6.45, 7) is 4.07. The highest BCUT2D eigenvalue weighted by Crippen LogP contribution is 2.31. The van der Waals surface area contributed by atoms with Crippen LogP contribution in [-0.4, -0.2) is 51.9 Å². The second-order valence-electron chi connectivity index (χ2n) is 8.70. The fraction of sp³-hybridized carbons (Fsp3) is 0.458. The number of hydrogen-bond acceptors (Lipinski definition) is 7. The molecule has 9 heteroatoms. The van der Waals surface area contributed by atoms with Crippen LogP contribution in [0.25, 0.3) is 10.9 Å². The van der Waals surface area contributed by atoms with Gasteiger partial charge in [0, 0.05) is 42.7 Å². The zero-order valence-corrected chi connectivity index (χ0v) is 20.0. The van der Waals surface area contributed by atoms with E-state index >= 15 is 0 Å². The second kappa shape index (κ2) is 10.4. The van der Waals surface area contributed by atoms with E-state index in [0.29, 0.717) is 11.6 Å². The lowest BCUT2D eigenvalue weighted by atomic mass is 10.0. The molecule has 0 saturated carbocycles. The summed E-state index contributed by atoms with van der Waals surface area (Å²) in [7, 11) is 0. The van der Waals surface area contributed by atoms with Crippen LogP contribution in [0.2, 0.25) is 5.02 Å². The number of anilines is 1. The van der Waals surface area contributed by atoms with E-state index in [-0.39, 0.29) is 16.6 Å². The molecule has 2 saturated heterocycles. The smallest absolute Gasteiger partial charge is 0.287 e. The van der Waals surface area contributed by atoms with Gasteiger partial charge < -0.3 is 10.1 Å². The first kappa shape index (κ1) is 22.7. The lowest BCUT2D eigenvalue weighted by molar-refractivity contribution is 0.0595. The lowest BCUT2D eigenvalue weighted by Gasteiger charge is -2.31. The highest BCUT2D eigenvalue weighted by atomic mass is 35.5. The Morgan fingerprint density at radius 2 is 2.03 bits per heavy atom. The van der Waals surface area contributed by atoms with Crippen molar-refractivity contribution in [1.29, 1.82) is 0 Å². The van der Waals surface area contributed by atoms with E-state index in [1.165, 1.54) is 0 Å². The molecule has 0 bridgehead atoms. The molecule has 2 fully saturated rings. The van der Waals surface area contributed by atoms with Crippen LogP contribution in [-0.2, 0) is 4.74 Å². The Kier molecular flexibility index (Phi) is 7.16. The van der Waals surface area contributed by atoms with Crippen molar-refractivity contribution >= 4 is 40.1 Å². The number of aromatic nitrogens is 3. The zero-order valence-electron chi connectivity index (χ0n) is 18.5. The van der Waals surface area contributed by atoms with Crippen molar-refractivity contribution in [2.45, 2.75) is 36.6 Å². The van der Waals surface area contributed by atoms with Crippen molar-refractivity contribution < 1.29 is 4.74 Å². The molecule has 2 aliphatic heterocycles. The number of nitrogens with zero attached hydrogens (tertiary/aromatic N) is 4. The third-order valence-corrected chi connectivity index (χ3v) is 7.77. The number of ether oxygens (including phenoxy) is 1. The van der Waals surface area contributed by atoms with E-state index in [2.05, 4.69) is 31.8 Å². The normalized spacial score (nSPS) is 20.2. The van der Waals surface area contributed by atoms with Crippen molar-refractivity contribution in [2.24, 2.45) is 5.92 Å². The molecule has 2 aromatic heterocycles. The third-order valence-electron chi connectivity index (χ3n) is 6.35. The number of pyridine rings is 1. The SMILES string of the molecule is O=c1c(Cl)c(NCC2CCCOC2)cnn1C1CCN(Sc2cnc3ccccc3c2)CC1. The maximum absolute atomic E-state index is 12.9. The number of para-hydroxylation sites is 1. The Bertz CT molecular complexity index is 1160. The molecule has 1 unspecified atom stereocenters. The van der Waals surface area contributed by atoms with Crippen molar-refractivity contribution in [3.05, 3.63) is 58.1 Å². The van der Waals surface area contributed by atoms with Gasteiger partial charge >= 0.3 is 0 Å². The Hall–Kier alpha value is -2.13. The van der Waals surface area contributed by atoms with Crippen LogP contribution in [0.4, 0.5) is 5.69 Å². The molecule has 1 atom stereocenters. The molecular weight excluding hydrogens is 458 g/mol. The monoisotopic (exact) mass is 485 g/mol. The summed E-state index contributed by atoms with van der Waals surface area (Å²) in [6.07, 6.45) is 7.52. The van der Waals surface area contributed by atoms with Gasteiger partial charge in [-0.25, -0.2) is 8.99 Å². The van der Waals surface area contributed by atoms with Crippen LogP contribution < -0.4 is 10.9 Å². The summed E-state index contributed by atoms with van der Waals surface area (Å²) in [5.74, 6) is 0.442. The minimum atomic E-state index is -0.216. The minimum Gasteiger partial charge on any atom is -0.382 e. The van der Waals surface area contributed by atoms with Crippen LogP contribution in [0.5, 0.6) is 0 Å². The third kappa shape index (κ3) is 5.35. The number of fused-ring (bicyclic) bond motifs is 1. The van der Waals surface area contributed by atoms with E-state index in [9.17, 15) is 4.79 Å². The molecule has 33 heavy (non-hydrogen) atoms. The lowest BCUT2D eigenvalue weighted by Crippen LogP contribution is -2.36. The summed E-state index contributed by atoms with van der Waals surface area (Å²) in [5.41, 5.74) is 1.40. The highest BCUT2D eigenvalue weighted by molar-refractivity contribution is 7.97. The molecule has 0 amide bonds. The number of halogens is 1. The number of nitrogens with one attached hydrogen (secondary N) is 1. The van der Waals surface area contributed by atoms with Gasteiger partial charge in [-0.15, -0.1) is 0 Å². The highest BCUT2D eigenvalue weighted by Gasteiger charge is 2.24. The van der Waals surface area contributed by atoms with Crippen molar-refractivity contribution in [3.8, 4) is 0 Å². The average molecular weight is 486 g/mol. The summed E-state index contributed by atoms with van der Waals surface area (Å²) >= 11 is 8.15. The fourth-order valence-electron chi connectivity index (χ4n) is 4.48. The molecule has 0 radical (unpaired) electrons. The predicted molar refractivity (Wildman–Crippen MR) is 133 cm³/mol. The van der Waals surface area contributed by atoms with Gasteiger partial charge in [0.25, 0.3) is 5.56 Å². The first-order valence-electron chi connectivity index (χ1n) is 11.5. The molecule has 174 valence electrons. The number of benzene rings is 1. The Morgan fingerprint density at radius 3 is 2.85 bits per heavy atom. The van der Waals surface area contributed by atoms with Gasteiger partial charge in [0.2, 0.25) is 0 Å². The molecule has 1 aromatic carbocycles. The fourth-order valence-corrected chi connectivity index (χ4v) is 5.65. The molecule has 3 aromatic rings. The van der Waals surface area contributed by atoms with E-state index in [0.717, 1.165) is 74.3 Å². The zero-order chi connectivity index (χ0) is 22.6. The predicted octanol–water partition coefficient (Wildman–Crippen LogP) is 4.63. The van der Waals surface area contributed by atoms with Gasteiger partial charge in [0.05, 0.1) is 30.0 Å². The average Bonchev–Trinajstić information content (AvgIpc) is 2.86. The van der Waals surface area contributed by atoms with Gasteiger partial charge in [-0.2, -0.15) is 5.10 Å². The van der Waals surface area contributed by atoms with Gasteiger partial charge in [-0.3, -0.25) is 9.78 Å². The van der Waals surface area contributed by atoms with Crippen molar-refractivity contribution in [1.82, 2.24) is 19.1 Å². The maximum Gasteiger partial charge on any atom is 0.287 e. The molecular formula is C24H28ClN5O2S. The molecule has 7 nitrogen and oxygen atoms in total. The van der Waals surface area contributed by atoms with Gasteiger partial charge in [-0.1, -0.05) is 29.8 Å². The maximum atomic E-state index is 12.9. The number of hydrogen-bond donors (Lipinski definition) is 1. The number of piperidine rings is 1. The standard InChI is InChI=1S/C24H28ClN5O2S/c25-23-22(26-13-17-4-3-11-32-16-17)15-28-30(24(23)31)19-7-9-29(10-8-19)33-20-12-18-5-1-2-6-21(18)27-14-20/h1-2,5-6,12,14-15,17,19,26H,3-4,7-11,13,16H2. The molecule has 0 spiro atoms. The molecule has 4 heterocycles. The Morgan fingerprint density at radius 1 is 1.18 bits per heavy atom. The van der Waals surface area contributed by atoms with E-state index in [1.54, 1.807) is 22.8 Å². The van der Waals surface area contributed by atoms with Crippen LogP contribution in [0.3, 0.4) is 0 Å². The first-order chi connectivity index (χ1) is 16.2. The topological polar surface area (TPSA) is 72.3 Å². The summed E-state index contributed by atoms with van der Waals surface area (Å²) < 4.78 is 9.42. The Labute approximate surface area is 202 Å². The molecule has 0 aliphatic carbocycles. The molecule has 1 N–H and O–H groups in total. The molecule has 2 aliphatic rings. The van der Waals surface area contributed by atoms with Crippen LogP contribution in [0.1, 0.15) is 31.7 Å².